The zero-order valence-electron chi connectivity index (χ0n) is 11.9. The molecule has 0 aliphatic carbocycles. The topological polar surface area (TPSA) is 54.9 Å². The van der Waals surface area contributed by atoms with E-state index in [0.717, 1.165) is 38.5 Å². The van der Waals surface area contributed by atoms with Crippen molar-refractivity contribution in [3.05, 3.63) is 22.4 Å². The monoisotopic (exact) mass is 297 g/mol. The number of guanidine groups is 1. The van der Waals surface area contributed by atoms with Crippen LogP contribution in [0.25, 0.3) is 0 Å². The molecule has 1 atom stereocenters. The van der Waals surface area contributed by atoms with E-state index in [2.05, 4.69) is 33.1 Å². The van der Waals surface area contributed by atoms with Gasteiger partial charge in [0.1, 0.15) is 0 Å². The Balaban J connectivity index is 1.52. The zero-order chi connectivity index (χ0) is 14.0. The lowest BCUT2D eigenvalue weighted by Crippen LogP contribution is -2.38. The van der Waals surface area contributed by atoms with Gasteiger partial charge in [0.25, 0.3) is 0 Å². The first kappa shape index (κ1) is 15.3. The fraction of sp³-hybridized carbons (Fsp3) is 0.643. The molecule has 0 bridgehead atoms. The van der Waals surface area contributed by atoms with E-state index in [9.17, 15) is 0 Å². The van der Waals surface area contributed by atoms with Gasteiger partial charge in [-0.2, -0.15) is 0 Å². The lowest BCUT2D eigenvalue weighted by Gasteiger charge is -2.13. The molecule has 2 rings (SSSR count). The minimum Gasteiger partial charge on any atom is -0.377 e. The van der Waals surface area contributed by atoms with Crippen molar-refractivity contribution in [3.63, 3.8) is 0 Å². The summed E-state index contributed by atoms with van der Waals surface area (Å²) in [5, 5.41) is 8.58. The molecule has 5 nitrogen and oxygen atoms in total. The Morgan fingerprint density at radius 2 is 2.50 bits per heavy atom. The van der Waals surface area contributed by atoms with Gasteiger partial charge in [-0.3, -0.25) is 4.99 Å². The highest BCUT2D eigenvalue weighted by molar-refractivity contribution is 7.09. The van der Waals surface area contributed by atoms with E-state index in [1.807, 2.05) is 0 Å². The smallest absolute Gasteiger partial charge is 0.191 e. The molecule has 112 valence electrons. The predicted octanol–water partition coefficient (Wildman–Crippen LogP) is 1.61. The van der Waals surface area contributed by atoms with Gasteiger partial charge in [-0.25, -0.2) is 0 Å². The van der Waals surface area contributed by atoms with Gasteiger partial charge in [0, 0.05) is 25.1 Å². The number of nitrogens with one attached hydrogen (secondary N) is 2. The molecule has 2 heterocycles. The third-order valence-corrected chi connectivity index (χ3v) is 3.98. The second-order valence-corrected chi connectivity index (χ2v) is 5.67. The molecule has 1 aromatic rings. The first-order valence-corrected chi connectivity index (χ1v) is 7.92. The van der Waals surface area contributed by atoms with E-state index in [-0.39, 0.29) is 0 Å². The quantitative estimate of drug-likeness (QED) is 0.456. The highest BCUT2D eigenvalue weighted by Gasteiger charge is 2.14. The summed E-state index contributed by atoms with van der Waals surface area (Å²) in [7, 11) is 1.77. The van der Waals surface area contributed by atoms with Crippen LogP contribution in [0.2, 0.25) is 0 Å². The average Bonchev–Trinajstić information content (AvgIpc) is 3.14. The molecule has 6 heteroatoms. The fourth-order valence-electron chi connectivity index (χ4n) is 2.04. The lowest BCUT2D eigenvalue weighted by atomic mass is 10.2. The SMILES string of the molecule is CN=C(NCCOCC1CCCO1)NCc1cccs1. The van der Waals surface area contributed by atoms with Crippen molar-refractivity contribution in [2.24, 2.45) is 4.99 Å². The minimum atomic E-state index is 0.297. The Morgan fingerprint density at radius 1 is 1.55 bits per heavy atom. The molecule has 1 saturated heterocycles. The molecule has 2 N–H and O–H groups in total. The summed E-state index contributed by atoms with van der Waals surface area (Å²) in [5.41, 5.74) is 0. The number of aliphatic imine (C=N–C) groups is 1. The first-order valence-electron chi connectivity index (χ1n) is 7.04. The van der Waals surface area contributed by atoms with E-state index >= 15 is 0 Å². The van der Waals surface area contributed by atoms with Gasteiger partial charge in [-0.1, -0.05) is 6.07 Å². The van der Waals surface area contributed by atoms with Crippen LogP contribution in [0.1, 0.15) is 17.7 Å². The number of rotatable bonds is 7. The number of hydrogen-bond donors (Lipinski definition) is 2. The summed E-state index contributed by atoms with van der Waals surface area (Å²) in [6.45, 7) is 3.79. The molecular weight excluding hydrogens is 274 g/mol. The van der Waals surface area contributed by atoms with Crippen LogP contribution in [0.3, 0.4) is 0 Å². The van der Waals surface area contributed by atoms with Crippen molar-refractivity contribution in [2.45, 2.75) is 25.5 Å². The Labute approximate surface area is 124 Å². The van der Waals surface area contributed by atoms with Gasteiger partial charge in [0.2, 0.25) is 0 Å². The maximum absolute atomic E-state index is 5.59. The van der Waals surface area contributed by atoms with Crippen LogP contribution in [0.15, 0.2) is 22.5 Å². The Bertz CT molecular complexity index is 389. The fourth-order valence-corrected chi connectivity index (χ4v) is 2.68. The van der Waals surface area contributed by atoms with Crippen LogP contribution in [0.4, 0.5) is 0 Å². The maximum Gasteiger partial charge on any atom is 0.191 e. The van der Waals surface area contributed by atoms with Gasteiger partial charge >= 0.3 is 0 Å². The highest BCUT2D eigenvalue weighted by Crippen LogP contribution is 2.11. The van der Waals surface area contributed by atoms with Gasteiger partial charge in [-0.15, -0.1) is 11.3 Å². The van der Waals surface area contributed by atoms with Crippen LogP contribution < -0.4 is 10.6 Å². The second kappa shape index (κ2) is 8.94. The predicted molar refractivity (Wildman–Crippen MR) is 82.3 cm³/mol. The highest BCUT2D eigenvalue weighted by atomic mass is 32.1. The number of thiophene rings is 1. The van der Waals surface area contributed by atoms with Crippen LogP contribution in [0, 0.1) is 0 Å². The largest absolute Gasteiger partial charge is 0.377 e. The molecule has 0 aromatic carbocycles. The van der Waals surface area contributed by atoms with Crippen LogP contribution >= 0.6 is 11.3 Å². The van der Waals surface area contributed by atoms with E-state index in [0.29, 0.717) is 19.3 Å². The Morgan fingerprint density at radius 3 is 3.20 bits per heavy atom. The second-order valence-electron chi connectivity index (χ2n) is 4.64. The standard InChI is InChI=1S/C14H23N3O2S/c1-15-14(17-10-13-5-3-9-20-13)16-6-8-18-11-12-4-2-7-19-12/h3,5,9,12H,2,4,6-8,10-11H2,1H3,(H2,15,16,17). The molecule has 1 unspecified atom stereocenters. The first-order chi connectivity index (χ1) is 9.88. The molecule has 0 spiro atoms. The zero-order valence-corrected chi connectivity index (χ0v) is 12.7. The van der Waals surface area contributed by atoms with Crippen LogP contribution in [-0.4, -0.2) is 45.5 Å². The summed E-state index contributed by atoms with van der Waals surface area (Å²) in [4.78, 5) is 5.48. The van der Waals surface area contributed by atoms with E-state index in [4.69, 9.17) is 9.47 Å². The Kier molecular flexibility index (Phi) is 6.83. The lowest BCUT2D eigenvalue weighted by molar-refractivity contribution is 0.0191. The molecule has 0 radical (unpaired) electrons. The summed E-state index contributed by atoms with van der Waals surface area (Å²) in [6.07, 6.45) is 2.58. The third kappa shape index (κ3) is 5.48. The number of nitrogens with zero attached hydrogens (tertiary/aromatic N) is 1. The summed E-state index contributed by atoms with van der Waals surface area (Å²) >= 11 is 1.74. The summed E-state index contributed by atoms with van der Waals surface area (Å²) in [5.74, 6) is 0.805. The normalized spacial score (nSPS) is 19.2. The van der Waals surface area contributed by atoms with E-state index in [1.54, 1.807) is 18.4 Å². The number of hydrogen-bond acceptors (Lipinski definition) is 4. The molecule has 20 heavy (non-hydrogen) atoms. The Hall–Kier alpha value is -1.11. The van der Waals surface area contributed by atoms with Crippen LogP contribution in [-0.2, 0) is 16.0 Å². The van der Waals surface area contributed by atoms with Gasteiger partial charge in [0.05, 0.1) is 25.9 Å². The summed E-state index contributed by atoms with van der Waals surface area (Å²) in [6, 6.07) is 4.16. The van der Waals surface area contributed by atoms with Gasteiger partial charge < -0.3 is 20.1 Å². The maximum atomic E-state index is 5.59. The molecule has 1 aliphatic heterocycles. The molecule has 0 amide bonds. The van der Waals surface area contributed by atoms with Crippen molar-refractivity contribution >= 4 is 17.3 Å². The summed E-state index contributed by atoms with van der Waals surface area (Å²) < 4.78 is 11.1. The molecule has 1 fully saturated rings. The molecular formula is C14H23N3O2S. The van der Waals surface area contributed by atoms with Crippen molar-refractivity contribution in [2.75, 3.05) is 33.4 Å². The minimum absolute atomic E-state index is 0.297. The van der Waals surface area contributed by atoms with Crippen molar-refractivity contribution < 1.29 is 9.47 Å². The van der Waals surface area contributed by atoms with Crippen molar-refractivity contribution in [1.29, 1.82) is 0 Å². The van der Waals surface area contributed by atoms with E-state index < -0.39 is 0 Å². The van der Waals surface area contributed by atoms with Crippen molar-refractivity contribution in [1.82, 2.24) is 10.6 Å². The van der Waals surface area contributed by atoms with Crippen molar-refractivity contribution in [3.8, 4) is 0 Å². The third-order valence-electron chi connectivity index (χ3n) is 3.10. The van der Waals surface area contributed by atoms with E-state index in [1.165, 1.54) is 4.88 Å². The average molecular weight is 297 g/mol. The molecule has 1 aromatic heterocycles. The molecule has 0 saturated carbocycles. The van der Waals surface area contributed by atoms with Gasteiger partial charge in [-0.05, 0) is 24.3 Å². The van der Waals surface area contributed by atoms with Crippen LogP contribution in [0.5, 0.6) is 0 Å². The number of ether oxygens (including phenoxy) is 2. The van der Waals surface area contributed by atoms with Gasteiger partial charge in [0.15, 0.2) is 5.96 Å². The molecule has 1 aliphatic rings.